The third kappa shape index (κ3) is 2.80. The van der Waals surface area contributed by atoms with Gasteiger partial charge in [0.2, 0.25) is 5.91 Å². The minimum atomic E-state index is -0.516. The van der Waals surface area contributed by atoms with E-state index < -0.39 is 6.04 Å². The van der Waals surface area contributed by atoms with Crippen LogP contribution in [0.5, 0.6) is 0 Å². The van der Waals surface area contributed by atoms with Gasteiger partial charge in [-0.1, -0.05) is 6.07 Å². The van der Waals surface area contributed by atoms with Crippen LogP contribution in [0.25, 0.3) is 0 Å². The predicted octanol–water partition coefficient (Wildman–Crippen LogP) is 3.07. The molecule has 4 nitrogen and oxygen atoms in total. The van der Waals surface area contributed by atoms with Crippen LogP contribution in [0.1, 0.15) is 40.0 Å². The number of amides is 2. The first-order valence-corrected chi connectivity index (χ1v) is 9.05. The molecule has 3 rings (SSSR count). The number of thiophene rings is 2. The zero-order valence-electron chi connectivity index (χ0n) is 12.5. The van der Waals surface area contributed by atoms with E-state index in [4.69, 9.17) is 0 Å². The summed E-state index contributed by atoms with van der Waals surface area (Å²) in [5, 5.41) is 6.73. The van der Waals surface area contributed by atoms with Gasteiger partial charge in [0.1, 0.15) is 6.04 Å². The summed E-state index contributed by atoms with van der Waals surface area (Å²) < 4.78 is 0. The molecule has 3 heterocycles. The molecule has 2 unspecified atom stereocenters. The van der Waals surface area contributed by atoms with E-state index in [2.05, 4.69) is 23.7 Å². The summed E-state index contributed by atoms with van der Waals surface area (Å²) in [4.78, 5) is 28.6. The van der Waals surface area contributed by atoms with Crippen molar-refractivity contribution >= 4 is 34.5 Å². The fourth-order valence-electron chi connectivity index (χ4n) is 2.80. The maximum atomic E-state index is 12.7. The van der Waals surface area contributed by atoms with Gasteiger partial charge in [-0.3, -0.25) is 9.59 Å². The van der Waals surface area contributed by atoms with Crippen LogP contribution < -0.4 is 5.32 Å². The molecule has 0 radical (unpaired) electrons. The van der Waals surface area contributed by atoms with E-state index in [-0.39, 0.29) is 17.9 Å². The van der Waals surface area contributed by atoms with E-state index in [1.54, 1.807) is 24.3 Å². The second-order valence-corrected chi connectivity index (χ2v) is 7.38. The Morgan fingerprint density at radius 1 is 1.32 bits per heavy atom. The van der Waals surface area contributed by atoms with Crippen molar-refractivity contribution < 1.29 is 9.59 Å². The Hall–Kier alpha value is -1.66. The van der Waals surface area contributed by atoms with E-state index >= 15 is 0 Å². The highest BCUT2D eigenvalue weighted by atomic mass is 32.1. The summed E-state index contributed by atoms with van der Waals surface area (Å²) >= 11 is 3.13. The number of carbonyl (C=O) groups is 2. The highest BCUT2D eigenvalue weighted by Crippen LogP contribution is 2.33. The molecule has 0 bridgehead atoms. The lowest BCUT2D eigenvalue weighted by atomic mass is 10.0. The zero-order valence-corrected chi connectivity index (χ0v) is 14.2. The molecule has 116 valence electrons. The second-order valence-electron chi connectivity index (χ2n) is 5.43. The molecule has 1 aliphatic heterocycles. The molecule has 1 N–H and O–H groups in total. The topological polar surface area (TPSA) is 49.4 Å². The summed E-state index contributed by atoms with van der Waals surface area (Å²) in [6.07, 6.45) is 0.897. The quantitative estimate of drug-likeness (QED) is 0.938. The first-order chi connectivity index (χ1) is 10.6. The minimum absolute atomic E-state index is 0.0192. The molecule has 0 spiro atoms. The number of hydrogen-bond acceptors (Lipinski definition) is 4. The Labute approximate surface area is 137 Å². The van der Waals surface area contributed by atoms with Crippen LogP contribution in [0.4, 0.5) is 0 Å². The van der Waals surface area contributed by atoms with Gasteiger partial charge in [0.25, 0.3) is 5.91 Å². The monoisotopic (exact) mass is 334 g/mol. The van der Waals surface area contributed by atoms with Gasteiger partial charge in [-0.05, 0) is 48.7 Å². The van der Waals surface area contributed by atoms with Gasteiger partial charge in [0.15, 0.2) is 0 Å². The van der Waals surface area contributed by atoms with Gasteiger partial charge in [-0.25, -0.2) is 0 Å². The Morgan fingerprint density at radius 2 is 2.14 bits per heavy atom. The number of nitrogens with one attached hydrogen (secondary N) is 1. The highest BCUT2D eigenvalue weighted by Gasteiger charge is 2.31. The third-order valence-electron chi connectivity index (χ3n) is 4.02. The zero-order chi connectivity index (χ0) is 15.7. The molecule has 0 saturated carbocycles. The number of carbonyl (C=O) groups excluding carboxylic acids is 2. The first kappa shape index (κ1) is 15.2. The van der Waals surface area contributed by atoms with Crippen LogP contribution in [0.2, 0.25) is 0 Å². The SMILES string of the molecule is CC(NC(=O)c1cccs1)C(=O)N1CCc2sccc2C1C. The Kier molecular flexibility index (Phi) is 4.31. The normalized spacial score (nSPS) is 18.6. The lowest BCUT2D eigenvalue weighted by Gasteiger charge is -2.35. The van der Waals surface area contributed by atoms with Crippen molar-refractivity contribution in [1.29, 1.82) is 0 Å². The van der Waals surface area contributed by atoms with Gasteiger partial charge < -0.3 is 10.2 Å². The second kappa shape index (κ2) is 6.22. The Balaban J connectivity index is 1.67. The van der Waals surface area contributed by atoms with Crippen LogP contribution >= 0.6 is 22.7 Å². The molecule has 2 amide bonds. The number of nitrogens with zero attached hydrogens (tertiary/aromatic N) is 1. The summed E-state index contributed by atoms with van der Waals surface area (Å²) in [6, 6.07) is 5.25. The number of rotatable bonds is 3. The molecule has 2 aromatic rings. The molecule has 2 aromatic heterocycles. The van der Waals surface area contributed by atoms with Crippen LogP contribution in [0.15, 0.2) is 29.0 Å². The molecule has 6 heteroatoms. The molecular formula is C16H18N2O2S2. The molecule has 0 fully saturated rings. The standard InChI is InChI=1S/C16H18N2O2S2/c1-10(17-15(19)14-4-3-8-21-14)16(20)18-7-5-13-12(11(18)2)6-9-22-13/h3-4,6,8-11H,5,7H2,1-2H3,(H,17,19). The van der Waals surface area contributed by atoms with Crippen molar-refractivity contribution in [3.8, 4) is 0 Å². The van der Waals surface area contributed by atoms with Crippen molar-refractivity contribution in [2.45, 2.75) is 32.4 Å². The van der Waals surface area contributed by atoms with Crippen LogP contribution in [0, 0.1) is 0 Å². The molecule has 2 atom stereocenters. The van der Waals surface area contributed by atoms with Crippen LogP contribution in [-0.4, -0.2) is 29.3 Å². The largest absolute Gasteiger partial charge is 0.340 e. The molecule has 22 heavy (non-hydrogen) atoms. The molecular weight excluding hydrogens is 316 g/mol. The average Bonchev–Trinajstić information content (AvgIpc) is 3.18. The summed E-state index contributed by atoms with van der Waals surface area (Å²) in [6.45, 7) is 4.52. The Morgan fingerprint density at radius 3 is 2.86 bits per heavy atom. The third-order valence-corrected chi connectivity index (χ3v) is 5.89. The molecule has 1 aliphatic rings. The van der Waals surface area contributed by atoms with Gasteiger partial charge in [-0.2, -0.15) is 0 Å². The van der Waals surface area contributed by atoms with Crippen LogP contribution in [-0.2, 0) is 11.2 Å². The molecule has 0 aromatic carbocycles. The van der Waals surface area contributed by atoms with E-state index in [0.29, 0.717) is 11.4 Å². The fourth-order valence-corrected chi connectivity index (χ4v) is 4.39. The maximum Gasteiger partial charge on any atom is 0.261 e. The Bertz CT molecular complexity index is 678. The van der Waals surface area contributed by atoms with E-state index in [1.165, 1.54) is 21.8 Å². The van der Waals surface area contributed by atoms with E-state index in [0.717, 1.165) is 6.42 Å². The maximum absolute atomic E-state index is 12.7. The lowest BCUT2D eigenvalue weighted by Crippen LogP contribution is -2.49. The minimum Gasteiger partial charge on any atom is -0.340 e. The van der Waals surface area contributed by atoms with Gasteiger partial charge >= 0.3 is 0 Å². The number of fused-ring (bicyclic) bond motifs is 1. The van der Waals surface area contributed by atoms with Crippen molar-refractivity contribution in [2.24, 2.45) is 0 Å². The highest BCUT2D eigenvalue weighted by molar-refractivity contribution is 7.12. The summed E-state index contributed by atoms with van der Waals surface area (Å²) in [7, 11) is 0. The van der Waals surface area contributed by atoms with Gasteiger partial charge in [0.05, 0.1) is 10.9 Å². The van der Waals surface area contributed by atoms with Gasteiger partial charge in [-0.15, -0.1) is 22.7 Å². The fraction of sp³-hybridized carbons (Fsp3) is 0.375. The van der Waals surface area contributed by atoms with Crippen molar-refractivity contribution in [2.75, 3.05) is 6.54 Å². The molecule has 0 saturated heterocycles. The smallest absolute Gasteiger partial charge is 0.261 e. The van der Waals surface area contributed by atoms with Crippen molar-refractivity contribution in [3.05, 3.63) is 44.3 Å². The average molecular weight is 334 g/mol. The van der Waals surface area contributed by atoms with E-state index in [1.807, 2.05) is 16.3 Å². The summed E-state index contributed by atoms with van der Waals surface area (Å²) in [5.41, 5.74) is 1.24. The number of hydrogen-bond donors (Lipinski definition) is 1. The first-order valence-electron chi connectivity index (χ1n) is 7.29. The lowest BCUT2D eigenvalue weighted by molar-refractivity contribution is -0.135. The van der Waals surface area contributed by atoms with Crippen LogP contribution in [0.3, 0.4) is 0 Å². The molecule has 0 aliphatic carbocycles. The summed E-state index contributed by atoms with van der Waals surface area (Å²) in [5.74, 6) is -0.203. The van der Waals surface area contributed by atoms with Gasteiger partial charge in [0, 0.05) is 11.4 Å². The van der Waals surface area contributed by atoms with Crippen molar-refractivity contribution in [1.82, 2.24) is 10.2 Å². The van der Waals surface area contributed by atoms with Crippen molar-refractivity contribution in [3.63, 3.8) is 0 Å². The predicted molar refractivity (Wildman–Crippen MR) is 89.4 cm³/mol. The van der Waals surface area contributed by atoms with E-state index in [9.17, 15) is 9.59 Å².